The lowest BCUT2D eigenvalue weighted by Gasteiger charge is -2.54. The Bertz CT molecular complexity index is 1190. The van der Waals surface area contributed by atoms with E-state index >= 15 is 0 Å². The van der Waals surface area contributed by atoms with Crippen LogP contribution in [0.25, 0.3) is 0 Å². The molecule has 2 fully saturated rings. The summed E-state index contributed by atoms with van der Waals surface area (Å²) in [5.74, 6) is 1.82. The fourth-order valence-electron chi connectivity index (χ4n) is 4.99. The fourth-order valence-corrected chi connectivity index (χ4v) is 4.99. The van der Waals surface area contributed by atoms with Crippen molar-refractivity contribution in [2.24, 2.45) is 0 Å². The quantitative estimate of drug-likeness (QED) is 0.374. The molecule has 2 aromatic rings. The summed E-state index contributed by atoms with van der Waals surface area (Å²) in [5, 5.41) is 5.99. The second-order valence-corrected chi connectivity index (χ2v) is 9.57. The van der Waals surface area contributed by atoms with E-state index in [4.69, 9.17) is 11.2 Å². The summed E-state index contributed by atoms with van der Waals surface area (Å²) in [6.07, 6.45) is 6.04. The van der Waals surface area contributed by atoms with Crippen LogP contribution in [0, 0.1) is 18.2 Å². The van der Waals surface area contributed by atoms with E-state index in [-0.39, 0.29) is 57.0 Å². The number of ether oxygens (including phenoxy) is 1. The van der Waals surface area contributed by atoms with Crippen molar-refractivity contribution in [1.82, 2.24) is 25.1 Å². The molecule has 39 heavy (non-hydrogen) atoms. The van der Waals surface area contributed by atoms with Crippen LogP contribution in [0.15, 0.2) is 54.6 Å². The molecule has 0 saturated carbocycles. The van der Waals surface area contributed by atoms with Crippen molar-refractivity contribution >= 4 is 17.8 Å². The molecule has 0 radical (unpaired) electrons. The zero-order chi connectivity index (χ0) is 27.8. The largest absolute Gasteiger partial charge is 0.375 e. The average Bonchev–Trinajstić information content (AvgIpc) is 2.93. The Morgan fingerprint density at radius 1 is 1.13 bits per heavy atom. The van der Waals surface area contributed by atoms with Crippen molar-refractivity contribution in [3.63, 3.8) is 0 Å². The monoisotopic (exact) mass is 535 g/mol. The van der Waals surface area contributed by atoms with Crippen molar-refractivity contribution in [2.45, 2.75) is 45.1 Å². The lowest BCUT2D eigenvalue weighted by Crippen LogP contribution is -2.76. The number of fused-ring (bicyclic) bond motifs is 1. The number of nitrogens with one attached hydrogen (secondary N) is 1. The molecule has 0 aliphatic carbocycles. The zero-order valence-electron chi connectivity index (χ0n) is 22.1. The number of nitrogens with zero attached hydrogens (tertiary/aromatic N) is 4. The van der Waals surface area contributed by atoms with Crippen LogP contribution < -0.4 is 5.32 Å². The molecule has 2 aromatic carbocycles. The van der Waals surface area contributed by atoms with Crippen molar-refractivity contribution in [3.05, 3.63) is 71.5 Å². The third-order valence-corrected chi connectivity index (χ3v) is 6.85. The zero-order valence-corrected chi connectivity index (χ0v) is 22.1. The lowest BCUT2D eigenvalue weighted by atomic mass is 10.0. The maximum Gasteiger partial charge on any atom is 0.334 e. The van der Waals surface area contributed by atoms with E-state index in [9.17, 15) is 18.8 Å². The van der Waals surface area contributed by atoms with Gasteiger partial charge in [-0.05, 0) is 29.7 Å². The summed E-state index contributed by atoms with van der Waals surface area (Å²) in [5.41, 5.74) is 1.75. The minimum Gasteiger partial charge on any atom is -0.375 e. The first-order chi connectivity index (χ1) is 18.9. The Balaban J connectivity index is 1.50. The van der Waals surface area contributed by atoms with Crippen LogP contribution in [0.3, 0.4) is 0 Å². The van der Waals surface area contributed by atoms with Gasteiger partial charge in [-0.15, -0.1) is 6.42 Å². The van der Waals surface area contributed by atoms with Gasteiger partial charge in [0.15, 0.2) is 0 Å². The second kappa shape index (κ2) is 13.2. The molecule has 0 aromatic heterocycles. The van der Waals surface area contributed by atoms with Crippen molar-refractivity contribution in [1.29, 1.82) is 0 Å². The number of carbonyl (C=O) groups is 3. The number of benzene rings is 2. The number of urea groups is 1. The van der Waals surface area contributed by atoms with Gasteiger partial charge in [0.1, 0.15) is 18.0 Å². The summed E-state index contributed by atoms with van der Waals surface area (Å²) >= 11 is 0. The van der Waals surface area contributed by atoms with Crippen LogP contribution in [0.1, 0.15) is 30.9 Å². The minimum absolute atomic E-state index is 0.0714. The maximum absolute atomic E-state index is 13.5. The summed E-state index contributed by atoms with van der Waals surface area (Å²) in [6, 6.07) is 14.5. The smallest absolute Gasteiger partial charge is 0.334 e. The van der Waals surface area contributed by atoms with Crippen LogP contribution in [0.5, 0.6) is 0 Å². The first-order valence-corrected chi connectivity index (χ1v) is 13.1. The molecule has 2 atom stereocenters. The SMILES string of the molecule is C#CCN1CC(=O)N2C(CN(CCOCc3ccc(F)cc3)C(=O)[C@@H]2CCC)N1C(=O)NCc1ccccc1. The number of terminal acetylenes is 1. The van der Waals surface area contributed by atoms with Gasteiger partial charge < -0.3 is 19.9 Å². The van der Waals surface area contributed by atoms with E-state index < -0.39 is 18.2 Å². The van der Waals surface area contributed by atoms with Gasteiger partial charge in [0.2, 0.25) is 11.8 Å². The predicted octanol–water partition coefficient (Wildman–Crippen LogP) is 2.58. The highest BCUT2D eigenvalue weighted by molar-refractivity contribution is 5.91. The van der Waals surface area contributed by atoms with E-state index in [0.717, 1.165) is 11.1 Å². The molecule has 4 rings (SSSR count). The van der Waals surface area contributed by atoms with E-state index in [1.807, 2.05) is 37.3 Å². The summed E-state index contributed by atoms with van der Waals surface area (Å²) < 4.78 is 18.9. The standard InChI is InChI=1S/C29H34FN5O4/c1-3-8-25-28(37)32(16-17-39-21-23-11-13-24(30)14-12-23)19-26-34(25)27(36)20-33(15-4-2)35(26)29(38)31-18-22-9-6-5-7-10-22/h2,5-7,9-14,25-26H,3,8,15-21H2,1H3,(H,31,38)/t25-,26?/m0/s1. The van der Waals surface area contributed by atoms with Crippen molar-refractivity contribution in [3.8, 4) is 12.3 Å². The van der Waals surface area contributed by atoms with Gasteiger partial charge in [-0.1, -0.05) is 61.7 Å². The van der Waals surface area contributed by atoms with Crippen molar-refractivity contribution < 1.29 is 23.5 Å². The molecule has 2 aliphatic heterocycles. The Hall–Kier alpha value is -3.94. The van der Waals surface area contributed by atoms with Gasteiger partial charge in [-0.25, -0.2) is 14.2 Å². The van der Waals surface area contributed by atoms with Crippen LogP contribution in [0.4, 0.5) is 9.18 Å². The first-order valence-electron chi connectivity index (χ1n) is 13.1. The van der Waals surface area contributed by atoms with Crippen LogP contribution in [-0.4, -0.2) is 82.7 Å². The highest BCUT2D eigenvalue weighted by Gasteiger charge is 2.50. The minimum atomic E-state index is -0.707. The molecule has 10 heteroatoms. The van der Waals surface area contributed by atoms with Gasteiger partial charge in [-0.3, -0.25) is 9.59 Å². The molecule has 4 amide bonds. The first kappa shape index (κ1) is 28.1. The van der Waals surface area contributed by atoms with Crippen LogP contribution >= 0.6 is 0 Å². The van der Waals surface area contributed by atoms with Gasteiger partial charge in [0.25, 0.3) is 0 Å². The highest BCUT2D eigenvalue weighted by Crippen LogP contribution is 2.28. The number of piperazine rings is 1. The number of amides is 4. The number of hydrogen-bond acceptors (Lipinski definition) is 5. The third-order valence-electron chi connectivity index (χ3n) is 6.85. The maximum atomic E-state index is 13.5. The molecule has 0 bridgehead atoms. The fraction of sp³-hybridized carbons (Fsp3) is 0.414. The second-order valence-electron chi connectivity index (χ2n) is 9.57. The number of carbonyl (C=O) groups excluding carboxylic acids is 3. The van der Waals surface area contributed by atoms with Gasteiger partial charge >= 0.3 is 6.03 Å². The third kappa shape index (κ3) is 6.74. The number of hydrazine groups is 1. The molecule has 9 nitrogen and oxygen atoms in total. The molecule has 0 spiro atoms. The molecule has 2 heterocycles. The molecule has 2 aliphatic rings. The van der Waals surface area contributed by atoms with Crippen molar-refractivity contribution in [2.75, 3.05) is 32.8 Å². The normalized spacial score (nSPS) is 19.6. The van der Waals surface area contributed by atoms with Gasteiger partial charge in [-0.2, -0.15) is 5.01 Å². The van der Waals surface area contributed by atoms with Crippen LogP contribution in [0.2, 0.25) is 0 Å². The topological polar surface area (TPSA) is 85.4 Å². The number of hydrogen-bond donors (Lipinski definition) is 1. The molecule has 1 N–H and O–H groups in total. The van der Waals surface area contributed by atoms with Crippen LogP contribution in [-0.2, 0) is 27.5 Å². The Labute approximate surface area is 228 Å². The summed E-state index contributed by atoms with van der Waals surface area (Å²) in [4.78, 5) is 43.5. The number of halogens is 1. The van der Waals surface area contributed by atoms with Gasteiger partial charge in [0, 0.05) is 13.1 Å². The molecular weight excluding hydrogens is 501 g/mol. The Morgan fingerprint density at radius 3 is 2.56 bits per heavy atom. The summed E-state index contributed by atoms with van der Waals surface area (Å²) in [6.45, 7) is 3.18. The van der Waals surface area contributed by atoms with Gasteiger partial charge in [0.05, 0.1) is 32.8 Å². The average molecular weight is 536 g/mol. The number of rotatable bonds is 10. The molecular formula is C29H34FN5O4. The Morgan fingerprint density at radius 2 is 1.87 bits per heavy atom. The predicted molar refractivity (Wildman–Crippen MR) is 143 cm³/mol. The Kier molecular flexibility index (Phi) is 9.52. The van der Waals surface area contributed by atoms with E-state index in [1.165, 1.54) is 17.1 Å². The lowest BCUT2D eigenvalue weighted by molar-refractivity contribution is -0.189. The van der Waals surface area contributed by atoms with E-state index in [2.05, 4.69) is 11.2 Å². The summed E-state index contributed by atoms with van der Waals surface area (Å²) in [7, 11) is 0. The molecule has 206 valence electrons. The highest BCUT2D eigenvalue weighted by atomic mass is 19.1. The molecule has 2 saturated heterocycles. The molecule has 1 unspecified atom stereocenters. The van der Waals surface area contributed by atoms with E-state index in [1.54, 1.807) is 26.9 Å². The van der Waals surface area contributed by atoms with E-state index in [0.29, 0.717) is 19.4 Å².